The maximum absolute atomic E-state index is 13.4. The number of aromatic nitrogens is 2. The molecular formula is C39H54F3N9O3. The molecule has 0 aliphatic carbocycles. The summed E-state index contributed by atoms with van der Waals surface area (Å²) in [6.45, 7) is 16.6. The van der Waals surface area contributed by atoms with Crippen LogP contribution in [0.25, 0.3) is 0 Å². The van der Waals surface area contributed by atoms with Crippen LogP contribution in [0.15, 0.2) is 30.6 Å². The summed E-state index contributed by atoms with van der Waals surface area (Å²) in [5.74, 6) is 1.03. The number of amides is 2. The zero-order valence-corrected chi connectivity index (χ0v) is 31.8. The summed E-state index contributed by atoms with van der Waals surface area (Å²) < 4.78 is 45.9. The molecular weight excluding hydrogens is 699 g/mol. The number of ether oxygens (including phenoxy) is 1. The summed E-state index contributed by atoms with van der Waals surface area (Å²) in [4.78, 5) is 45.4. The number of carbonyl (C=O) groups is 2. The Morgan fingerprint density at radius 1 is 0.796 bits per heavy atom. The molecule has 4 aliphatic rings. The molecule has 4 saturated heterocycles. The van der Waals surface area contributed by atoms with Gasteiger partial charge >= 0.3 is 12.3 Å². The first-order valence-electron chi connectivity index (χ1n) is 19.4. The quantitative estimate of drug-likeness (QED) is 0.360. The van der Waals surface area contributed by atoms with Crippen molar-refractivity contribution in [1.29, 1.82) is 5.26 Å². The second kappa shape index (κ2) is 17.1. The van der Waals surface area contributed by atoms with Crippen LogP contribution in [0.2, 0.25) is 0 Å². The minimum absolute atomic E-state index is 0.193. The average molecular weight is 754 g/mol. The van der Waals surface area contributed by atoms with Gasteiger partial charge in [-0.3, -0.25) is 10.1 Å². The van der Waals surface area contributed by atoms with Crippen LogP contribution >= 0.6 is 0 Å². The number of hydrogen-bond donors (Lipinski definition) is 1. The Hall–Kier alpha value is -4.16. The third kappa shape index (κ3) is 10.5. The van der Waals surface area contributed by atoms with Gasteiger partial charge in [0.1, 0.15) is 5.60 Å². The normalized spacial score (nSPS) is 20.5. The van der Waals surface area contributed by atoms with E-state index >= 15 is 0 Å². The zero-order valence-electron chi connectivity index (χ0n) is 31.8. The first kappa shape index (κ1) is 39.5. The minimum Gasteiger partial charge on any atom is -0.444 e. The van der Waals surface area contributed by atoms with E-state index in [1.165, 1.54) is 12.1 Å². The molecule has 0 atom stereocenters. The van der Waals surface area contributed by atoms with Crippen molar-refractivity contribution >= 4 is 29.3 Å². The lowest BCUT2D eigenvalue weighted by atomic mass is 9.95. The molecule has 2 aromatic rings. The Kier molecular flexibility index (Phi) is 12.5. The van der Waals surface area contributed by atoms with E-state index in [-0.39, 0.29) is 23.9 Å². The number of carbonyl (C=O) groups excluding carboxylic acids is 2. The highest BCUT2D eigenvalue weighted by Crippen LogP contribution is 2.35. The van der Waals surface area contributed by atoms with Gasteiger partial charge in [-0.15, -0.1) is 0 Å². The van der Waals surface area contributed by atoms with Gasteiger partial charge in [-0.1, -0.05) is 0 Å². The number of nitrogens with zero attached hydrogens (tertiary/aromatic N) is 8. The lowest BCUT2D eigenvalue weighted by Gasteiger charge is -2.41. The highest BCUT2D eigenvalue weighted by Gasteiger charge is 2.35. The fourth-order valence-electron chi connectivity index (χ4n) is 8.11. The summed E-state index contributed by atoms with van der Waals surface area (Å²) in [6.07, 6.45) is 3.95. The van der Waals surface area contributed by atoms with Crippen molar-refractivity contribution in [3.63, 3.8) is 0 Å². The molecule has 0 saturated carbocycles. The molecule has 0 radical (unpaired) electrons. The predicted octanol–water partition coefficient (Wildman–Crippen LogP) is 5.70. The third-order valence-electron chi connectivity index (χ3n) is 11.3. The van der Waals surface area contributed by atoms with Gasteiger partial charge in [-0.05, 0) is 89.3 Å². The van der Waals surface area contributed by atoms with Crippen LogP contribution in [0.4, 0.5) is 35.3 Å². The number of benzene rings is 1. The van der Waals surface area contributed by atoms with Crippen LogP contribution in [0.1, 0.15) is 70.4 Å². The van der Waals surface area contributed by atoms with Crippen molar-refractivity contribution in [1.82, 2.24) is 24.7 Å². The lowest BCUT2D eigenvalue weighted by Crippen LogP contribution is -2.50. The van der Waals surface area contributed by atoms with E-state index in [9.17, 15) is 22.8 Å². The van der Waals surface area contributed by atoms with Gasteiger partial charge in [0.05, 0.1) is 35.3 Å². The molecule has 0 unspecified atom stereocenters. The minimum atomic E-state index is -4.61. The number of hydrogen-bond acceptors (Lipinski definition) is 10. The average Bonchev–Trinajstić information content (AvgIpc) is 3.15. The summed E-state index contributed by atoms with van der Waals surface area (Å²) in [5, 5.41) is 11.9. The molecule has 1 aromatic heterocycles. The first-order valence-corrected chi connectivity index (χ1v) is 19.4. The van der Waals surface area contributed by atoms with Crippen LogP contribution in [-0.2, 0) is 15.7 Å². The van der Waals surface area contributed by atoms with Crippen molar-refractivity contribution in [2.75, 3.05) is 93.7 Å². The lowest BCUT2D eigenvalue weighted by molar-refractivity contribution is -0.137. The molecule has 294 valence electrons. The number of nitriles is 1. The van der Waals surface area contributed by atoms with Gasteiger partial charge in [-0.2, -0.15) is 18.4 Å². The van der Waals surface area contributed by atoms with Crippen LogP contribution in [0.3, 0.4) is 0 Å². The molecule has 1 aromatic carbocycles. The number of likely N-dealkylation sites (tertiary alicyclic amines) is 1. The Morgan fingerprint density at radius 3 is 1.83 bits per heavy atom. The topological polar surface area (TPSA) is 121 Å². The SMILES string of the molecule is CC(C)(C)OC(=O)N1CCC(CN2CCN(CC3CCN(c4cnc(NC(=O)C5CCN(c6ccc(C#N)c(C(F)(F)F)c6)CC5)nc4)CC3)CC2)CC1. The smallest absolute Gasteiger partial charge is 0.417 e. The molecule has 2 amide bonds. The molecule has 6 rings (SSSR count). The Morgan fingerprint density at radius 2 is 1.31 bits per heavy atom. The number of piperazine rings is 1. The highest BCUT2D eigenvalue weighted by atomic mass is 19.4. The summed E-state index contributed by atoms with van der Waals surface area (Å²) in [7, 11) is 0. The first-order chi connectivity index (χ1) is 25.7. The third-order valence-corrected chi connectivity index (χ3v) is 11.3. The Bertz CT molecular complexity index is 1610. The highest BCUT2D eigenvalue weighted by molar-refractivity contribution is 5.91. The number of nitrogens with one attached hydrogen (secondary N) is 1. The van der Waals surface area contributed by atoms with E-state index in [4.69, 9.17) is 10.00 Å². The van der Waals surface area contributed by atoms with E-state index in [2.05, 4.69) is 30.0 Å². The number of anilines is 3. The summed E-state index contributed by atoms with van der Waals surface area (Å²) >= 11 is 0. The van der Waals surface area contributed by atoms with Gasteiger partial charge in [0, 0.05) is 90.1 Å². The van der Waals surface area contributed by atoms with E-state index < -0.39 is 22.9 Å². The molecule has 15 heteroatoms. The number of alkyl halides is 3. The molecule has 12 nitrogen and oxygen atoms in total. The van der Waals surface area contributed by atoms with E-state index in [0.29, 0.717) is 43.5 Å². The Labute approximate surface area is 316 Å². The standard InChI is InChI=1S/C39H54F3N9O3/c1-38(2,3)54-37(53)51-14-8-29(9-15-51)27-48-20-18-47(19-21-48)26-28-6-12-50(13-7-28)33-24-44-36(45-25-33)46-35(52)30-10-16-49(17-11-30)32-5-4-31(23-43)34(22-32)39(40,41)42/h4-5,22,24-25,28-30H,6-21,26-27H2,1-3H3,(H,44,45,46,52). The van der Waals surface area contributed by atoms with Crippen LogP contribution in [0.5, 0.6) is 0 Å². The monoisotopic (exact) mass is 753 g/mol. The van der Waals surface area contributed by atoms with Gasteiger partial charge in [-0.25, -0.2) is 14.8 Å². The van der Waals surface area contributed by atoms with E-state index in [0.717, 1.165) is 103 Å². The summed E-state index contributed by atoms with van der Waals surface area (Å²) in [5.41, 5.74) is -0.478. The van der Waals surface area contributed by atoms with Gasteiger partial charge < -0.3 is 29.2 Å². The van der Waals surface area contributed by atoms with Gasteiger partial charge in [0.15, 0.2) is 0 Å². The van der Waals surface area contributed by atoms with Crippen molar-refractivity contribution in [3.05, 3.63) is 41.7 Å². The molecule has 1 N–H and O–H groups in total. The maximum atomic E-state index is 13.4. The largest absolute Gasteiger partial charge is 0.444 e. The maximum Gasteiger partial charge on any atom is 0.417 e. The van der Waals surface area contributed by atoms with Crippen molar-refractivity contribution in [2.45, 2.75) is 71.1 Å². The molecule has 4 fully saturated rings. The second-order valence-corrected chi connectivity index (χ2v) is 16.3. The van der Waals surface area contributed by atoms with Gasteiger partial charge in [0.2, 0.25) is 11.9 Å². The molecule has 4 aliphatic heterocycles. The molecule has 54 heavy (non-hydrogen) atoms. The fraction of sp³-hybridized carbons (Fsp3) is 0.667. The fourth-order valence-corrected chi connectivity index (χ4v) is 8.11. The molecule has 0 bridgehead atoms. The zero-order chi connectivity index (χ0) is 38.5. The summed E-state index contributed by atoms with van der Waals surface area (Å²) in [6, 6.07) is 5.36. The van der Waals surface area contributed by atoms with Gasteiger partial charge in [0.25, 0.3) is 0 Å². The van der Waals surface area contributed by atoms with Crippen LogP contribution in [-0.4, -0.2) is 121 Å². The van der Waals surface area contributed by atoms with E-state index in [1.807, 2.05) is 30.6 Å². The van der Waals surface area contributed by atoms with Crippen molar-refractivity contribution < 1.29 is 27.5 Å². The molecule has 0 spiro atoms. The second-order valence-electron chi connectivity index (χ2n) is 16.3. The number of halogens is 3. The van der Waals surface area contributed by atoms with Crippen molar-refractivity contribution in [3.8, 4) is 6.07 Å². The van der Waals surface area contributed by atoms with Crippen LogP contribution < -0.4 is 15.1 Å². The Balaban J connectivity index is 0.866. The predicted molar refractivity (Wildman–Crippen MR) is 200 cm³/mol. The number of piperidine rings is 3. The van der Waals surface area contributed by atoms with E-state index in [1.54, 1.807) is 18.5 Å². The van der Waals surface area contributed by atoms with Crippen LogP contribution in [0, 0.1) is 29.1 Å². The number of rotatable bonds is 8. The van der Waals surface area contributed by atoms with Crippen molar-refractivity contribution in [2.24, 2.45) is 17.8 Å². The molecule has 5 heterocycles.